The van der Waals surface area contributed by atoms with Gasteiger partial charge in [-0.15, -0.1) is 4.83 Å². The van der Waals surface area contributed by atoms with Crippen LogP contribution in [0.1, 0.15) is 10.5 Å². The van der Waals surface area contributed by atoms with Gasteiger partial charge in [0, 0.05) is 15.4 Å². The number of carbonyl (C=O) groups excluding carboxylic acids is 1. The fourth-order valence-electron chi connectivity index (χ4n) is 2.11. The Labute approximate surface area is 153 Å². The van der Waals surface area contributed by atoms with E-state index in [0.717, 1.165) is 5.39 Å². The molecule has 0 atom stereocenters. The van der Waals surface area contributed by atoms with Gasteiger partial charge in [-0.2, -0.15) is 0 Å². The predicted molar refractivity (Wildman–Crippen MR) is 96.0 cm³/mol. The van der Waals surface area contributed by atoms with Crippen LogP contribution < -0.4 is 10.3 Å². The Bertz CT molecular complexity index is 1050. The van der Waals surface area contributed by atoms with E-state index in [0.29, 0.717) is 5.52 Å². The zero-order valence-corrected chi connectivity index (χ0v) is 14.9. The quantitative estimate of drug-likeness (QED) is 0.664. The Hall–Kier alpha value is -2.19. The standard InChI is InChI=1S/C16H11Cl2N3O3S/c17-11-7-12(18)9-13(8-11)25(23,24)21-20-16(22)15-6-5-10-3-1-2-4-14(10)19-15/h1-9,21H,(H,20,22). The maximum Gasteiger partial charge on any atom is 0.284 e. The van der Waals surface area contributed by atoms with Crippen LogP contribution in [0.2, 0.25) is 10.0 Å². The lowest BCUT2D eigenvalue weighted by molar-refractivity contribution is 0.0940. The van der Waals surface area contributed by atoms with E-state index in [1.807, 2.05) is 17.0 Å². The van der Waals surface area contributed by atoms with Crippen LogP contribution in [0.15, 0.2) is 59.5 Å². The number of para-hydroxylation sites is 1. The molecule has 1 aromatic heterocycles. The molecule has 0 fully saturated rings. The van der Waals surface area contributed by atoms with Crippen molar-refractivity contribution < 1.29 is 13.2 Å². The first-order chi connectivity index (χ1) is 11.8. The summed E-state index contributed by atoms with van der Waals surface area (Å²) in [5, 5.41) is 1.19. The highest BCUT2D eigenvalue weighted by Crippen LogP contribution is 2.22. The number of fused-ring (bicyclic) bond motifs is 1. The first-order valence-corrected chi connectivity index (χ1v) is 9.23. The minimum Gasteiger partial charge on any atom is -0.272 e. The molecule has 2 N–H and O–H groups in total. The van der Waals surface area contributed by atoms with Gasteiger partial charge in [0.1, 0.15) is 5.69 Å². The molecule has 0 radical (unpaired) electrons. The number of hydrazine groups is 1. The number of carbonyl (C=O) groups is 1. The van der Waals surface area contributed by atoms with Crippen LogP contribution in [0.5, 0.6) is 0 Å². The number of hydrogen-bond acceptors (Lipinski definition) is 4. The fraction of sp³-hybridized carbons (Fsp3) is 0. The van der Waals surface area contributed by atoms with Gasteiger partial charge in [0.05, 0.1) is 10.4 Å². The second kappa shape index (κ2) is 6.97. The molecular weight excluding hydrogens is 385 g/mol. The third-order valence-electron chi connectivity index (χ3n) is 3.28. The summed E-state index contributed by atoms with van der Waals surface area (Å²) in [5.41, 5.74) is 2.81. The first-order valence-electron chi connectivity index (χ1n) is 6.99. The van der Waals surface area contributed by atoms with E-state index in [1.165, 1.54) is 24.3 Å². The molecule has 3 aromatic rings. The zero-order chi connectivity index (χ0) is 18.0. The lowest BCUT2D eigenvalue weighted by Crippen LogP contribution is -2.41. The van der Waals surface area contributed by atoms with Crippen LogP contribution in [0.3, 0.4) is 0 Å². The van der Waals surface area contributed by atoms with Crippen LogP contribution in [0, 0.1) is 0 Å². The molecule has 25 heavy (non-hydrogen) atoms. The van der Waals surface area contributed by atoms with Crippen molar-refractivity contribution in [3.05, 3.63) is 70.3 Å². The van der Waals surface area contributed by atoms with Crippen LogP contribution in [-0.2, 0) is 10.0 Å². The van der Waals surface area contributed by atoms with Crippen molar-refractivity contribution in [1.82, 2.24) is 15.2 Å². The van der Waals surface area contributed by atoms with Crippen molar-refractivity contribution in [2.45, 2.75) is 4.90 Å². The molecule has 0 aliphatic carbocycles. The number of sulfonamides is 1. The summed E-state index contributed by atoms with van der Waals surface area (Å²) in [5.74, 6) is -0.692. The summed E-state index contributed by atoms with van der Waals surface area (Å²) in [6, 6.07) is 14.3. The van der Waals surface area contributed by atoms with E-state index in [-0.39, 0.29) is 20.6 Å². The van der Waals surface area contributed by atoms with Gasteiger partial charge in [-0.3, -0.25) is 10.2 Å². The molecule has 0 saturated carbocycles. The maximum atomic E-state index is 12.2. The van der Waals surface area contributed by atoms with Crippen molar-refractivity contribution >= 4 is 50.0 Å². The van der Waals surface area contributed by atoms with Gasteiger partial charge in [0.15, 0.2) is 0 Å². The first kappa shape index (κ1) is 17.6. The van der Waals surface area contributed by atoms with Gasteiger partial charge in [0.2, 0.25) is 0 Å². The van der Waals surface area contributed by atoms with Crippen LogP contribution in [0.25, 0.3) is 10.9 Å². The fourth-order valence-corrected chi connectivity index (χ4v) is 3.68. The maximum absolute atomic E-state index is 12.2. The van der Waals surface area contributed by atoms with Crippen molar-refractivity contribution in [3.8, 4) is 0 Å². The van der Waals surface area contributed by atoms with Crippen LogP contribution >= 0.6 is 23.2 Å². The van der Waals surface area contributed by atoms with Gasteiger partial charge in [-0.05, 0) is 30.3 Å². The van der Waals surface area contributed by atoms with E-state index >= 15 is 0 Å². The number of hydrogen-bond donors (Lipinski definition) is 2. The summed E-state index contributed by atoms with van der Waals surface area (Å²) in [7, 11) is -4.03. The molecule has 0 saturated heterocycles. The molecule has 1 amide bonds. The number of amides is 1. The highest BCUT2D eigenvalue weighted by atomic mass is 35.5. The number of aromatic nitrogens is 1. The Kier molecular flexibility index (Phi) is 4.91. The van der Waals surface area contributed by atoms with Gasteiger partial charge in [0.25, 0.3) is 15.9 Å². The molecular formula is C16H11Cl2N3O3S. The Balaban J connectivity index is 1.78. The zero-order valence-electron chi connectivity index (χ0n) is 12.5. The van der Waals surface area contributed by atoms with Crippen LogP contribution in [0.4, 0.5) is 0 Å². The molecule has 2 aromatic carbocycles. The monoisotopic (exact) mass is 395 g/mol. The van der Waals surface area contributed by atoms with E-state index in [4.69, 9.17) is 23.2 Å². The molecule has 0 bridgehead atoms. The number of pyridine rings is 1. The van der Waals surface area contributed by atoms with Crippen molar-refractivity contribution in [1.29, 1.82) is 0 Å². The summed E-state index contributed by atoms with van der Waals surface area (Å²) < 4.78 is 24.4. The highest BCUT2D eigenvalue weighted by Gasteiger charge is 2.17. The largest absolute Gasteiger partial charge is 0.284 e. The minimum atomic E-state index is -4.03. The number of nitrogens with one attached hydrogen (secondary N) is 2. The molecule has 6 nitrogen and oxygen atoms in total. The third kappa shape index (κ3) is 4.08. The summed E-state index contributed by atoms with van der Waals surface area (Å²) in [4.78, 5) is 18.2. The van der Waals surface area contributed by atoms with Crippen LogP contribution in [-0.4, -0.2) is 19.3 Å². The van der Waals surface area contributed by atoms with Gasteiger partial charge in [-0.1, -0.05) is 47.5 Å². The van der Waals surface area contributed by atoms with Crippen molar-refractivity contribution in [2.24, 2.45) is 0 Å². The predicted octanol–water partition coefficient (Wildman–Crippen LogP) is 3.16. The summed E-state index contributed by atoms with van der Waals surface area (Å²) >= 11 is 11.6. The van der Waals surface area contributed by atoms with E-state index in [1.54, 1.807) is 18.2 Å². The number of rotatable bonds is 4. The summed E-state index contributed by atoms with van der Waals surface area (Å²) in [6.45, 7) is 0. The minimum absolute atomic E-state index is 0.0746. The normalized spacial score (nSPS) is 11.4. The second-order valence-electron chi connectivity index (χ2n) is 5.05. The lowest BCUT2D eigenvalue weighted by Gasteiger charge is -2.09. The number of benzene rings is 2. The van der Waals surface area contributed by atoms with Gasteiger partial charge in [-0.25, -0.2) is 13.4 Å². The average molecular weight is 396 g/mol. The molecule has 3 rings (SSSR count). The van der Waals surface area contributed by atoms with E-state index < -0.39 is 15.9 Å². The smallest absolute Gasteiger partial charge is 0.272 e. The Morgan fingerprint density at radius 3 is 2.36 bits per heavy atom. The lowest BCUT2D eigenvalue weighted by atomic mass is 10.2. The molecule has 1 heterocycles. The van der Waals surface area contributed by atoms with Crippen molar-refractivity contribution in [2.75, 3.05) is 0 Å². The molecule has 0 aliphatic heterocycles. The molecule has 0 unspecified atom stereocenters. The molecule has 0 spiro atoms. The molecule has 0 aliphatic rings. The third-order valence-corrected chi connectivity index (χ3v) is 4.94. The van der Waals surface area contributed by atoms with Crippen molar-refractivity contribution in [3.63, 3.8) is 0 Å². The summed E-state index contributed by atoms with van der Waals surface area (Å²) in [6.07, 6.45) is 0. The SMILES string of the molecule is O=C(NNS(=O)(=O)c1cc(Cl)cc(Cl)c1)c1ccc2ccccc2n1. The van der Waals surface area contributed by atoms with Gasteiger partial charge < -0.3 is 0 Å². The number of halogens is 2. The Morgan fingerprint density at radius 1 is 0.960 bits per heavy atom. The molecule has 128 valence electrons. The topological polar surface area (TPSA) is 88.2 Å². The second-order valence-corrected chi connectivity index (χ2v) is 7.61. The van der Waals surface area contributed by atoms with Gasteiger partial charge >= 0.3 is 0 Å². The Morgan fingerprint density at radius 2 is 1.64 bits per heavy atom. The highest BCUT2D eigenvalue weighted by molar-refractivity contribution is 7.89. The molecule has 9 heteroatoms. The van der Waals surface area contributed by atoms with E-state index in [9.17, 15) is 13.2 Å². The average Bonchev–Trinajstić information content (AvgIpc) is 2.58. The van der Waals surface area contributed by atoms with E-state index in [2.05, 4.69) is 10.4 Å². The number of nitrogens with zero attached hydrogens (tertiary/aromatic N) is 1.